The van der Waals surface area contributed by atoms with E-state index < -0.39 is 17.0 Å². The molecule has 0 radical (unpaired) electrons. The van der Waals surface area contributed by atoms with Gasteiger partial charge in [0.1, 0.15) is 11.2 Å². The first kappa shape index (κ1) is 17.5. The highest BCUT2D eigenvalue weighted by molar-refractivity contribution is 9.10. The van der Waals surface area contributed by atoms with Crippen LogP contribution >= 0.6 is 15.9 Å². The van der Waals surface area contributed by atoms with Crippen LogP contribution in [-0.2, 0) is 20.8 Å². The Morgan fingerprint density at radius 3 is 2.62 bits per heavy atom. The number of rotatable bonds is 5. The number of hydrogen-bond donors (Lipinski definition) is 0. The summed E-state index contributed by atoms with van der Waals surface area (Å²) in [6.45, 7) is 0.328. The smallest absolute Gasteiger partial charge is 0.295 e. The van der Waals surface area contributed by atoms with Crippen LogP contribution < -0.4 is 4.31 Å². The molecule has 0 bridgehead atoms. The van der Waals surface area contributed by atoms with Crippen LogP contribution in [-0.4, -0.2) is 21.0 Å². The lowest BCUT2D eigenvalue weighted by atomic mass is 10.1. The van der Waals surface area contributed by atoms with Crippen molar-refractivity contribution in [2.24, 2.45) is 0 Å². The fourth-order valence-corrected chi connectivity index (χ4v) is 4.83. The van der Waals surface area contributed by atoms with Gasteiger partial charge >= 0.3 is 0 Å². The first-order valence-electron chi connectivity index (χ1n) is 8.17. The first-order valence-corrected chi connectivity index (χ1v) is 9.99. The van der Waals surface area contributed by atoms with Gasteiger partial charge in [-0.2, -0.15) is 0 Å². The lowest BCUT2D eigenvalue weighted by molar-refractivity contribution is -0.141. The van der Waals surface area contributed by atoms with E-state index >= 15 is 0 Å². The fraction of sp³-hybridized carbons (Fsp3) is 0.278. The molecule has 1 saturated carbocycles. The van der Waals surface area contributed by atoms with Crippen molar-refractivity contribution >= 4 is 61.3 Å². The molecule has 1 heterocycles. The molecule has 8 heteroatoms. The predicted octanol–water partition coefficient (Wildman–Crippen LogP) is 4.39. The average Bonchev–Trinajstić information content (AvgIpc) is 3.19. The van der Waals surface area contributed by atoms with E-state index in [-0.39, 0.29) is 0 Å². The number of nitrogens with zero attached hydrogens (tertiary/aromatic N) is 1. The van der Waals surface area contributed by atoms with E-state index in [1.165, 1.54) is 4.31 Å². The molecule has 1 aliphatic carbocycles. The van der Waals surface area contributed by atoms with Crippen LogP contribution in [0.4, 0.5) is 5.69 Å². The van der Waals surface area contributed by atoms with Crippen LogP contribution in [0, 0.1) is 0 Å². The molecule has 0 aliphatic heterocycles. The molecule has 1 unspecified atom stereocenters. The number of carbonyl (C=O) groups is 1. The Morgan fingerprint density at radius 2 is 1.92 bits per heavy atom. The summed E-state index contributed by atoms with van der Waals surface area (Å²) in [5.74, 6) is 0. The molecule has 136 valence electrons. The Labute approximate surface area is 160 Å². The van der Waals surface area contributed by atoms with Crippen LogP contribution in [0.2, 0.25) is 0 Å². The summed E-state index contributed by atoms with van der Waals surface area (Å²) in [5, 5.41) is 1.69. The molecule has 0 spiro atoms. The number of carbonyl (C=O) groups excluding carboxylic acids is 1. The maximum absolute atomic E-state index is 12.0. The number of fused-ring (bicyclic) bond motifs is 3. The third-order valence-electron chi connectivity index (χ3n) is 4.82. The van der Waals surface area contributed by atoms with Crippen LogP contribution in [0.3, 0.4) is 0 Å². The Balaban J connectivity index is 1.88. The minimum absolute atomic E-state index is 0.328. The highest BCUT2D eigenvalue weighted by Crippen LogP contribution is 2.41. The molecule has 4 rings (SSSR count). The van der Waals surface area contributed by atoms with Crippen LogP contribution in [0.1, 0.15) is 25.7 Å². The van der Waals surface area contributed by atoms with Crippen molar-refractivity contribution in [3.63, 3.8) is 0 Å². The van der Waals surface area contributed by atoms with Crippen molar-refractivity contribution in [2.45, 2.75) is 31.4 Å². The summed E-state index contributed by atoms with van der Waals surface area (Å²) in [4.78, 5) is 11.0. The van der Waals surface area contributed by atoms with E-state index in [0.717, 1.165) is 28.1 Å². The summed E-state index contributed by atoms with van der Waals surface area (Å²) in [6, 6.07) is 10.9. The number of ether oxygens (including phenoxy) is 1. The van der Waals surface area contributed by atoms with Gasteiger partial charge in [-0.25, -0.2) is 0 Å². The topological polar surface area (TPSA) is 82.8 Å². The molecular formula is C18H15BrNO5S-. The van der Waals surface area contributed by atoms with Gasteiger partial charge in [0.25, 0.3) is 6.47 Å². The van der Waals surface area contributed by atoms with Crippen LogP contribution in [0.25, 0.3) is 21.9 Å². The summed E-state index contributed by atoms with van der Waals surface area (Å²) >= 11 is 0.824. The normalized spacial score (nSPS) is 17.5. The van der Waals surface area contributed by atoms with Gasteiger partial charge in [-0.05, 0) is 49.2 Å². The third kappa shape index (κ3) is 2.82. The van der Waals surface area contributed by atoms with Crippen molar-refractivity contribution in [1.82, 2.24) is 0 Å². The Morgan fingerprint density at radius 1 is 1.15 bits per heavy atom. The molecule has 1 fully saturated rings. The maximum atomic E-state index is 12.0. The lowest BCUT2D eigenvalue weighted by Crippen LogP contribution is -2.50. The van der Waals surface area contributed by atoms with E-state index in [1.807, 2.05) is 18.2 Å². The van der Waals surface area contributed by atoms with E-state index in [4.69, 9.17) is 9.15 Å². The first-order chi connectivity index (χ1) is 12.5. The monoisotopic (exact) mass is 436 g/mol. The molecular weight excluding hydrogens is 422 g/mol. The van der Waals surface area contributed by atoms with Gasteiger partial charge in [0.15, 0.2) is 5.72 Å². The lowest BCUT2D eigenvalue weighted by Gasteiger charge is -2.41. The second-order valence-corrected chi connectivity index (χ2v) is 8.02. The zero-order valence-electron chi connectivity index (χ0n) is 13.6. The zero-order chi connectivity index (χ0) is 18.3. The number of benzene rings is 2. The third-order valence-corrected chi connectivity index (χ3v) is 6.16. The molecule has 1 atom stereocenters. The quantitative estimate of drug-likeness (QED) is 0.336. The van der Waals surface area contributed by atoms with Gasteiger partial charge in [-0.15, -0.1) is 0 Å². The second kappa shape index (κ2) is 6.68. The van der Waals surface area contributed by atoms with E-state index in [0.29, 0.717) is 36.2 Å². The molecule has 0 N–H and O–H groups in total. The maximum Gasteiger partial charge on any atom is 0.295 e. The van der Waals surface area contributed by atoms with E-state index in [9.17, 15) is 13.6 Å². The van der Waals surface area contributed by atoms with Gasteiger partial charge in [-0.3, -0.25) is 13.3 Å². The summed E-state index contributed by atoms with van der Waals surface area (Å²) in [6.07, 6.45) is 2.53. The van der Waals surface area contributed by atoms with E-state index in [2.05, 4.69) is 15.9 Å². The van der Waals surface area contributed by atoms with Gasteiger partial charge in [0.2, 0.25) is 0 Å². The summed E-state index contributed by atoms with van der Waals surface area (Å²) in [7, 11) is 0. The van der Waals surface area contributed by atoms with Gasteiger partial charge in [-0.1, -0.05) is 15.9 Å². The standard InChI is InChI=1S/C18H16BrNO5S/c19-12-3-5-14-15-10-13(4-6-16(15)25-17(14)9-12)20(26(22)23)18(24-11-21)7-1-2-8-18/h3-6,9-11H,1-2,7-8H2,(H,22,23)/p-1. The molecule has 1 aromatic heterocycles. The minimum Gasteiger partial charge on any atom is -0.755 e. The van der Waals surface area contributed by atoms with E-state index in [1.54, 1.807) is 18.2 Å². The highest BCUT2D eigenvalue weighted by atomic mass is 79.9. The minimum atomic E-state index is -2.59. The molecule has 6 nitrogen and oxygen atoms in total. The number of anilines is 1. The SMILES string of the molecule is O=COC1(N(c2ccc3oc4cc(Br)ccc4c3c2)S(=O)[O-])CCCC1. The average molecular weight is 437 g/mol. The van der Waals surface area contributed by atoms with Crippen LogP contribution in [0.15, 0.2) is 45.3 Å². The predicted molar refractivity (Wildman–Crippen MR) is 101 cm³/mol. The van der Waals surface area contributed by atoms with Crippen molar-refractivity contribution in [1.29, 1.82) is 0 Å². The molecule has 2 aromatic carbocycles. The Hall–Kier alpha value is -1.90. The van der Waals surface area contributed by atoms with Gasteiger partial charge in [0, 0.05) is 28.1 Å². The zero-order valence-corrected chi connectivity index (χ0v) is 16.0. The molecule has 0 saturated heterocycles. The summed E-state index contributed by atoms with van der Waals surface area (Å²) < 4.78 is 37.3. The van der Waals surface area contributed by atoms with Crippen molar-refractivity contribution < 1.29 is 22.7 Å². The number of furan rings is 1. The van der Waals surface area contributed by atoms with Crippen molar-refractivity contribution in [3.8, 4) is 0 Å². The van der Waals surface area contributed by atoms with Crippen molar-refractivity contribution in [3.05, 3.63) is 40.9 Å². The van der Waals surface area contributed by atoms with Gasteiger partial charge < -0.3 is 13.7 Å². The largest absolute Gasteiger partial charge is 0.755 e. The molecule has 0 amide bonds. The molecule has 1 aliphatic rings. The van der Waals surface area contributed by atoms with Crippen molar-refractivity contribution in [2.75, 3.05) is 4.31 Å². The summed E-state index contributed by atoms with van der Waals surface area (Å²) in [5.41, 5.74) is 0.654. The highest BCUT2D eigenvalue weighted by Gasteiger charge is 2.43. The Bertz CT molecular complexity index is 1010. The van der Waals surface area contributed by atoms with Crippen LogP contribution in [0.5, 0.6) is 0 Å². The Kier molecular flexibility index (Phi) is 4.50. The molecule has 3 aromatic rings. The number of halogens is 1. The molecule has 26 heavy (non-hydrogen) atoms. The number of hydrogen-bond acceptors (Lipinski definition) is 5. The fourth-order valence-electron chi connectivity index (χ4n) is 3.71. The second-order valence-electron chi connectivity index (χ2n) is 6.30. The van der Waals surface area contributed by atoms with Gasteiger partial charge in [0.05, 0.1) is 17.0 Å².